The molecule has 0 spiro atoms. The fraction of sp³-hybridized carbons (Fsp3) is 0.933. The van der Waals surface area contributed by atoms with E-state index < -0.39 is 0 Å². The van der Waals surface area contributed by atoms with Crippen molar-refractivity contribution in [2.24, 2.45) is 58.2 Å². The number of nitrogens with zero attached hydrogens (tertiary/aromatic N) is 1. The number of oxazole rings is 1. The number of methoxy groups -OCH3 is 2. The van der Waals surface area contributed by atoms with Crippen LogP contribution in [0.25, 0.3) is 0 Å². The molecule has 5 rings (SSSR count). The summed E-state index contributed by atoms with van der Waals surface area (Å²) < 4.78 is 43.3. The summed E-state index contributed by atoms with van der Waals surface area (Å²) in [7, 11) is 3.50. The van der Waals surface area contributed by atoms with Gasteiger partial charge in [0, 0.05) is 39.8 Å². The summed E-state index contributed by atoms with van der Waals surface area (Å²) in [6, 6.07) is 0. The molecule has 3 saturated heterocycles. The predicted molar refractivity (Wildman–Crippen MR) is 220 cm³/mol. The zero-order chi connectivity index (χ0) is 40.6. The van der Waals surface area contributed by atoms with E-state index in [4.69, 9.17) is 28.1 Å². The van der Waals surface area contributed by atoms with Gasteiger partial charge in [-0.25, -0.2) is 4.98 Å². The Morgan fingerprint density at radius 2 is 1.47 bits per heavy atom. The van der Waals surface area contributed by atoms with Gasteiger partial charge in [-0.1, -0.05) is 96.9 Å². The Morgan fingerprint density at radius 1 is 0.830 bits per heavy atom. The Kier molecular flexibility index (Phi) is 27.8. The second-order valence-corrected chi connectivity index (χ2v) is 18.9. The zero-order valence-corrected chi connectivity index (χ0v) is 37.6. The largest absolute Gasteiger partial charge is 0.449 e. The van der Waals surface area contributed by atoms with E-state index in [1.54, 1.807) is 26.7 Å². The minimum atomic E-state index is -0.0921. The fourth-order valence-corrected chi connectivity index (χ4v) is 6.78. The standard InChI is InChI=1S/C9H18O.C8H15F.C8H16O2.C7H11NO.C7H14O.C6H14O/c1-7(2)8-5-10-6-9(8,3)4;1-7(2)5-8(6-9)3-4-8;1-6(2)7-4-10-5-8(7)9-3;1-6(2)5-7-8-3-4-9-7;1-6(2)5-7-3-4-8-7;1-6(2)4-5-7-3/h7-8H,5-6H2,1-4H3;7H,3-6H2,1-2H3;6-8H,4-5H2,1-3H3;3-4,6H,5H2,1-2H3;6-7H,3-5H2,1-2H3;6H,4-5H2,1-3H3/t;;;;7-;/m....0./s1. The van der Waals surface area contributed by atoms with Crippen molar-refractivity contribution < 1.29 is 32.5 Å². The van der Waals surface area contributed by atoms with Gasteiger partial charge in [0.15, 0.2) is 5.89 Å². The molecule has 0 radical (unpaired) electrons. The van der Waals surface area contributed by atoms with E-state index in [-0.39, 0.29) is 12.1 Å². The Balaban J connectivity index is 0.000000615. The van der Waals surface area contributed by atoms with Gasteiger partial charge in [0.2, 0.25) is 0 Å². The van der Waals surface area contributed by atoms with Gasteiger partial charge in [0.1, 0.15) is 6.26 Å². The summed E-state index contributed by atoms with van der Waals surface area (Å²) in [4.78, 5) is 3.99. The third kappa shape index (κ3) is 24.9. The van der Waals surface area contributed by atoms with Gasteiger partial charge in [-0.05, 0) is 90.8 Å². The quantitative estimate of drug-likeness (QED) is 0.198. The molecule has 1 aliphatic carbocycles. The van der Waals surface area contributed by atoms with Gasteiger partial charge in [-0.2, -0.15) is 0 Å². The first kappa shape index (κ1) is 51.9. The molecule has 7 nitrogen and oxygen atoms in total. The molecule has 3 unspecified atom stereocenters. The molecule has 0 amide bonds. The minimum Gasteiger partial charge on any atom is -0.449 e. The molecule has 4 aliphatic rings. The van der Waals surface area contributed by atoms with Gasteiger partial charge in [0.25, 0.3) is 0 Å². The molecule has 4 fully saturated rings. The van der Waals surface area contributed by atoms with Crippen LogP contribution in [-0.2, 0) is 30.1 Å². The van der Waals surface area contributed by atoms with Gasteiger partial charge in [-0.3, -0.25) is 4.39 Å². The molecular weight excluding hydrogens is 669 g/mol. The van der Waals surface area contributed by atoms with Crippen molar-refractivity contribution >= 4 is 0 Å². The van der Waals surface area contributed by atoms with E-state index in [0.29, 0.717) is 41.3 Å². The van der Waals surface area contributed by atoms with Crippen LogP contribution >= 0.6 is 0 Å². The fourth-order valence-electron chi connectivity index (χ4n) is 6.78. The number of hydrogen-bond donors (Lipinski definition) is 0. The smallest absolute Gasteiger partial charge is 0.194 e. The van der Waals surface area contributed by atoms with E-state index in [1.165, 1.54) is 19.3 Å². The van der Waals surface area contributed by atoms with Crippen molar-refractivity contribution in [2.45, 2.75) is 154 Å². The van der Waals surface area contributed by atoms with Crippen molar-refractivity contribution in [3.05, 3.63) is 18.4 Å². The summed E-state index contributed by atoms with van der Waals surface area (Å²) in [5.41, 5.74) is 0.558. The number of alkyl halides is 1. The molecule has 8 heteroatoms. The summed E-state index contributed by atoms with van der Waals surface area (Å²) in [6.45, 7) is 36.4. The van der Waals surface area contributed by atoms with Crippen LogP contribution in [0.4, 0.5) is 4.39 Å². The van der Waals surface area contributed by atoms with E-state index >= 15 is 0 Å². The van der Waals surface area contributed by atoms with Crippen LogP contribution in [0.2, 0.25) is 0 Å². The highest BCUT2D eigenvalue weighted by molar-refractivity contribution is 4.93. The summed E-state index contributed by atoms with van der Waals surface area (Å²) in [5, 5.41) is 0. The van der Waals surface area contributed by atoms with Crippen LogP contribution < -0.4 is 0 Å². The highest BCUT2D eigenvalue weighted by atomic mass is 19.1. The van der Waals surface area contributed by atoms with Crippen molar-refractivity contribution in [2.75, 3.05) is 60.5 Å². The van der Waals surface area contributed by atoms with E-state index in [1.807, 2.05) is 0 Å². The van der Waals surface area contributed by atoms with Crippen LogP contribution in [0.1, 0.15) is 141 Å². The molecule has 1 saturated carbocycles. The summed E-state index contributed by atoms with van der Waals surface area (Å²) in [5.74, 6) is 6.51. The lowest BCUT2D eigenvalue weighted by molar-refractivity contribution is -0.0605. The maximum atomic E-state index is 12.2. The van der Waals surface area contributed by atoms with Crippen molar-refractivity contribution in [1.29, 1.82) is 0 Å². The molecule has 3 aliphatic heterocycles. The second kappa shape index (κ2) is 28.4. The third-order valence-electron chi connectivity index (χ3n) is 10.4. The molecule has 1 aromatic rings. The van der Waals surface area contributed by atoms with E-state index in [9.17, 15) is 4.39 Å². The maximum absolute atomic E-state index is 12.2. The number of halogens is 1. The van der Waals surface area contributed by atoms with Crippen molar-refractivity contribution in [3.63, 3.8) is 0 Å². The molecule has 53 heavy (non-hydrogen) atoms. The average molecular weight is 758 g/mol. The monoisotopic (exact) mass is 758 g/mol. The third-order valence-corrected chi connectivity index (χ3v) is 10.4. The van der Waals surface area contributed by atoms with Crippen LogP contribution in [0, 0.1) is 58.2 Å². The lowest BCUT2D eigenvalue weighted by Gasteiger charge is -2.27. The Hall–Kier alpha value is -1.06. The topological polar surface area (TPSA) is 72.2 Å². The molecular formula is C45H88FNO6. The molecule has 316 valence electrons. The van der Waals surface area contributed by atoms with Crippen LogP contribution in [0.3, 0.4) is 0 Å². The SMILES string of the molecule is CC(C)C1COCC1(C)C.CC(C)CC1(CF)CC1.CC(C)C[C@@H]1CCO1.CC(C)Cc1ncco1.COC1COCC1C(C)C.COCCC(C)C. The molecule has 0 bridgehead atoms. The first-order chi connectivity index (χ1) is 24.8. The van der Waals surface area contributed by atoms with Crippen molar-refractivity contribution in [1.82, 2.24) is 4.98 Å². The highest BCUT2D eigenvalue weighted by Gasteiger charge is 2.42. The Labute approximate surface area is 328 Å². The first-order valence-electron chi connectivity index (χ1n) is 21.1. The number of aromatic nitrogens is 1. The Bertz CT molecular complexity index is 956. The molecule has 0 N–H and O–H groups in total. The van der Waals surface area contributed by atoms with Crippen LogP contribution in [-0.4, -0.2) is 77.7 Å². The summed E-state index contributed by atoms with van der Waals surface area (Å²) in [6.07, 6.45) is 12.2. The average Bonchev–Trinajstić information content (AvgIpc) is 3.39. The summed E-state index contributed by atoms with van der Waals surface area (Å²) >= 11 is 0. The number of ether oxygens (including phenoxy) is 5. The molecule has 4 heterocycles. The first-order valence-corrected chi connectivity index (χ1v) is 21.1. The maximum Gasteiger partial charge on any atom is 0.194 e. The second-order valence-electron chi connectivity index (χ2n) is 18.9. The Morgan fingerprint density at radius 3 is 1.72 bits per heavy atom. The number of hydrogen-bond acceptors (Lipinski definition) is 7. The van der Waals surface area contributed by atoms with Gasteiger partial charge >= 0.3 is 0 Å². The number of rotatable bonds is 13. The molecule has 1 aromatic heterocycles. The van der Waals surface area contributed by atoms with Crippen molar-refractivity contribution in [3.8, 4) is 0 Å². The van der Waals surface area contributed by atoms with Gasteiger partial charge in [-0.15, -0.1) is 0 Å². The molecule has 4 atom stereocenters. The van der Waals surface area contributed by atoms with E-state index in [2.05, 4.69) is 102 Å². The van der Waals surface area contributed by atoms with E-state index in [0.717, 1.165) is 94.9 Å². The van der Waals surface area contributed by atoms with Gasteiger partial charge < -0.3 is 28.1 Å². The zero-order valence-electron chi connectivity index (χ0n) is 37.6. The van der Waals surface area contributed by atoms with Crippen LogP contribution in [0.15, 0.2) is 16.9 Å². The highest BCUT2D eigenvalue weighted by Crippen LogP contribution is 2.50. The minimum absolute atomic E-state index is 0.0921. The predicted octanol–water partition coefficient (Wildman–Crippen LogP) is 11.8. The van der Waals surface area contributed by atoms with Crippen LogP contribution in [0.5, 0.6) is 0 Å². The normalized spacial score (nSPS) is 23.5. The molecule has 0 aromatic carbocycles. The van der Waals surface area contributed by atoms with Gasteiger partial charge in [0.05, 0.1) is 51.5 Å². The lowest BCUT2D eigenvalue weighted by atomic mass is 9.76. The lowest BCUT2D eigenvalue weighted by Crippen LogP contribution is -2.27.